The van der Waals surface area contributed by atoms with Crippen molar-refractivity contribution in [2.24, 2.45) is 0 Å². The van der Waals surface area contributed by atoms with Crippen molar-refractivity contribution in [2.45, 2.75) is 25.3 Å². The Morgan fingerprint density at radius 2 is 1.67 bits per heavy atom. The molecule has 1 N–H and O–H groups in total. The first-order chi connectivity index (χ1) is 16.2. The van der Waals surface area contributed by atoms with Crippen LogP contribution in [0.5, 0.6) is 0 Å². The number of aromatic nitrogens is 2. The van der Waals surface area contributed by atoms with Gasteiger partial charge in [-0.2, -0.15) is 0 Å². The van der Waals surface area contributed by atoms with Gasteiger partial charge < -0.3 is 14.6 Å². The largest absolute Gasteiger partial charge is 0.347 e. The molecule has 2 amide bonds. The van der Waals surface area contributed by atoms with Gasteiger partial charge in [0.25, 0.3) is 11.8 Å². The predicted molar refractivity (Wildman–Crippen MR) is 127 cm³/mol. The number of amides is 2. The van der Waals surface area contributed by atoms with Crippen LogP contribution in [-0.2, 0) is 6.54 Å². The number of nitrogens with zero attached hydrogens (tertiary/aromatic N) is 3. The Kier molecular flexibility index (Phi) is 5.89. The quantitative estimate of drug-likeness (QED) is 0.506. The standard InChI is InChI=1S/C27H26N4O2/c32-26(28-18-20-10-3-1-4-11-20)24-23-15-7-8-17-31(23)25(29-24)22-14-9-16-30(19-22)27(33)21-12-5-2-6-13-21/h1-8,10-13,15,17,22H,9,14,16,18-19H2,(H,28,32)/t22-/m1/s1. The lowest BCUT2D eigenvalue weighted by atomic mass is 9.96. The van der Waals surface area contributed by atoms with Crippen LogP contribution in [0.3, 0.4) is 0 Å². The van der Waals surface area contributed by atoms with Gasteiger partial charge in [-0.3, -0.25) is 9.59 Å². The molecule has 6 nitrogen and oxygen atoms in total. The van der Waals surface area contributed by atoms with E-state index in [1.807, 2.05) is 94.4 Å². The van der Waals surface area contributed by atoms with E-state index in [-0.39, 0.29) is 17.7 Å². The van der Waals surface area contributed by atoms with E-state index < -0.39 is 0 Å². The minimum absolute atomic E-state index is 0.0435. The number of fused-ring (bicyclic) bond motifs is 1. The van der Waals surface area contributed by atoms with Gasteiger partial charge in [-0.1, -0.05) is 54.6 Å². The van der Waals surface area contributed by atoms with Crippen LogP contribution >= 0.6 is 0 Å². The highest BCUT2D eigenvalue weighted by atomic mass is 16.2. The highest BCUT2D eigenvalue weighted by molar-refractivity contribution is 5.99. The summed E-state index contributed by atoms with van der Waals surface area (Å²) in [6, 6.07) is 25.0. The summed E-state index contributed by atoms with van der Waals surface area (Å²) in [5, 5.41) is 2.99. The number of hydrogen-bond acceptors (Lipinski definition) is 3. The van der Waals surface area contributed by atoms with Gasteiger partial charge in [-0.15, -0.1) is 0 Å². The third-order valence-corrected chi connectivity index (χ3v) is 6.18. The number of benzene rings is 2. The van der Waals surface area contributed by atoms with Gasteiger partial charge in [0.1, 0.15) is 5.82 Å². The maximum absolute atomic E-state index is 13.0. The minimum atomic E-state index is -0.193. The summed E-state index contributed by atoms with van der Waals surface area (Å²) in [6.07, 6.45) is 3.78. The van der Waals surface area contributed by atoms with Crippen LogP contribution in [0.15, 0.2) is 85.1 Å². The van der Waals surface area contributed by atoms with E-state index in [2.05, 4.69) is 5.32 Å². The zero-order chi connectivity index (χ0) is 22.6. The summed E-state index contributed by atoms with van der Waals surface area (Å²) in [6.45, 7) is 1.77. The number of hydrogen-bond donors (Lipinski definition) is 1. The van der Waals surface area contributed by atoms with Crippen molar-refractivity contribution in [3.05, 3.63) is 108 Å². The van der Waals surface area contributed by atoms with Crippen LogP contribution in [0.1, 0.15) is 51.0 Å². The van der Waals surface area contributed by atoms with Gasteiger partial charge in [0.2, 0.25) is 0 Å². The van der Waals surface area contributed by atoms with E-state index in [9.17, 15) is 9.59 Å². The van der Waals surface area contributed by atoms with Crippen molar-refractivity contribution >= 4 is 17.3 Å². The molecule has 1 atom stereocenters. The molecule has 0 unspecified atom stereocenters. The van der Waals surface area contributed by atoms with Crippen molar-refractivity contribution in [3.63, 3.8) is 0 Å². The topological polar surface area (TPSA) is 66.7 Å². The lowest BCUT2D eigenvalue weighted by Gasteiger charge is -2.32. The van der Waals surface area contributed by atoms with E-state index in [4.69, 9.17) is 4.98 Å². The van der Waals surface area contributed by atoms with E-state index in [0.717, 1.165) is 36.3 Å². The van der Waals surface area contributed by atoms with Crippen molar-refractivity contribution in [1.29, 1.82) is 0 Å². The fraction of sp³-hybridized carbons (Fsp3) is 0.222. The van der Waals surface area contributed by atoms with E-state index >= 15 is 0 Å². The molecule has 1 aliphatic heterocycles. The number of carbonyl (C=O) groups is 2. The third kappa shape index (κ3) is 4.37. The second-order valence-electron chi connectivity index (χ2n) is 8.40. The zero-order valence-corrected chi connectivity index (χ0v) is 18.4. The maximum Gasteiger partial charge on any atom is 0.272 e. The SMILES string of the molecule is O=C(NCc1ccccc1)c1nc([C@@H]2CCCN(C(=O)c3ccccc3)C2)n2ccccc12. The molecular formula is C27H26N4O2. The Morgan fingerprint density at radius 3 is 2.45 bits per heavy atom. The van der Waals surface area contributed by atoms with Crippen molar-refractivity contribution in [2.75, 3.05) is 13.1 Å². The molecule has 0 saturated carbocycles. The van der Waals surface area contributed by atoms with Crippen molar-refractivity contribution < 1.29 is 9.59 Å². The number of rotatable bonds is 5. The Morgan fingerprint density at radius 1 is 0.939 bits per heavy atom. The van der Waals surface area contributed by atoms with Gasteiger partial charge in [-0.25, -0.2) is 4.98 Å². The molecule has 5 rings (SSSR count). The van der Waals surface area contributed by atoms with Gasteiger partial charge in [0.05, 0.1) is 5.52 Å². The summed E-state index contributed by atoms with van der Waals surface area (Å²) >= 11 is 0. The van der Waals surface area contributed by atoms with Gasteiger partial charge >= 0.3 is 0 Å². The Balaban J connectivity index is 1.39. The molecular weight excluding hydrogens is 412 g/mol. The maximum atomic E-state index is 13.0. The van der Waals surface area contributed by atoms with Crippen LogP contribution in [-0.4, -0.2) is 39.2 Å². The number of carbonyl (C=O) groups excluding carboxylic acids is 2. The Bertz CT molecular complexity index is 1270. The van der Waals surface area contributed by atoms with Gasteiger partial charge in [-0.05, 0) is 42.7 Å². The molecule has 33 heavy (non-hydrogen) atoms. The highest BCUT2D eigenvalue weighted by Crippen LogP contribution is 2.29. The molecule has 2 aromatic heterocycles. The van der Waals surface area contributed by atoms with E-state index in [0.29, 0.717) is 24.3 Å². The molecule has 6 heteroatoms. The normalized spacial score (nSPS) is 16.0. The average molecular weight is 439 g/mol. The van der Waals surface area contributed by atoms with Crippen LogP contribution in [0, 0.1) is 0 Å². The molecule has 0 radical (unpaired) electrons. The van der Waals surface area contributed by atoms with E-state index in [1.54, 1.807) is 0 Å². The molecule has 1 fully saturated rings. The van der Waals surface area contributed by atoms with Crippen LogP contribution in [0.25, 0.3) is 5.52 Å². The summed E-state index contributed by atoms with van der Waals surface area (Å²) in [4.78, 5) is 32.8. The van der Waals surface area contributed by atoms with Crippen molar-refractivity contribution in [1.82, 2.24) is 19.6 Å². The lowest BCUT2D eigenvalue weighted by Crippen LogP contribution is -2.39. The first kappa shape index (κ1) is 20.9. The summed E-state index contributed by atoms with van der Waals surface area (Å²) in [5.41, 5.74) is 2.95. The first-order valence-corrected chi connectivity index (χ1v) is 11.3. The Hall–Kier alpha value is -3.93. The average Bonchev–Trinajstić information content (AvgIpc) is 3.28. The van der Waals surface area contributed by atoms with Crippen molar-refractivity contribution in [3.8, 4) is 0 Å². The van der Waals surface area contributed by atoms with E-state index in [1.165, 1.54) is 0 Å². The molecule has 0 aliphatic carbocycles. The molecule has 1 aliphatic rings. The molecule has 1 saturated heterocycles. The first-order valence-electron chi connectivity index (χ1n) is 11.3. The predicted octanol–water partition coefficient (Wildman–Crippen LogP) is 4.28. The fourth-order valence-electron chi connectivity index (χ4n) is 4.51. The number of imidazole rings is 1. The molecule has 3 heterocycles. The fourth-order valence-corrected chi connectivity index (χ4v) is 4.51. The smallest absolute Gasteiger partial charge is 0.272 e. The number of pyridine rings is 1. The van der Waals surface area contributed by atoms with Crippen LogP contribution in [0.2, 0.25) is 0 Å². The van der Waals surface area contributed by atoms with Crippen LogP contribution in [0.4, 0.5) is 0 Å². The third-order valence-electron chi connectivity index (χ3n) is 6.18. The summed E-state index contributed by atoms with van der Waals surface area (Å²) in [5.74, 6) is 0.752. The second kappa shape index (κ2) is 9.28. The zero-order valence-electron chi connectivity index (χ0n) is 18.4. The molecule has 0 bridgehead atoms. The summed E-state index contributed by atoms with van der Waals surface area (Å²) in [7, 11) is 0. The molecule has 2 aromatic carbocycles. The summed E-state index contributed by atoms with van der Waals surface area (Å²) < 4.78 is 2.00. The number of likely N-dealkylation sites (tertiary alicyclic amines) is 1. The minimum Gasteiger partial charge on any atom is -0.347 e. The lowest BCUT2D eigenvalue weighted by molar-refractivity contribution is 0.0703. The molecule has 0 spiro atoms. The number of nitrogens with one attached hydrogen (secondary N) is 1. The number of piperidine rings is 1. The van der Waals surface area contributed by atoms with Gasteiger partial charge in [0.15, 0.2) is 5.69 Å². The molecule has 4 aromatic rings. The molecule has 166 valence electrons. The van der Waals surface area contributed by atoms with Crippen LogP contribution < -0.4 is 5.32 Å². The monoisotopic (exact) mass is 438 g/mol. The second-order valence-corrected chi connectivity index (χ2v) is 8.40. The highest BCUT2D eigenvalue weighted by Gasteiger charge is 2.29. The van der Waals surface area contributed by atoms with Gasteiger partial charge in [0, 0.05) is 37.3 Å². The Labute approximate surface area is 192 Å².